The summed E-state index contributed by atoms with van der Waals surface area (Å²) >= 11 is 0. The highest BCUT2D eigenvalue weighted by atomic mass is 127. The molecule has 6 nitrogen and oxygen atoms in total. The predicted octanol–water partition coefficient (Wildman–Crippen LogP) is 3.32. The van der Waals surface area contributed by atoms with Crippen LogP contribution >= 0.6 is 24.0 Å². The Kier molecular flexibility index (Phi) is 9.33. The van der Waals surface area contributed by atoms with E-state index in [1.165, 1.54) is 5.56 Å². The molecule has 3 rings (SSSR count). The second-order valence-corrected chi connectivity index (χ2v) is 6.64. The van der Waals surface area contributed by atoms with Gasteiger partial charge in [0.2, 0.25) is 5.91 Å². The van der Waals surface area contributed by atoms with E-state index in [0.717, 1.165) is 49.8 Å². The summed E-state index contributed by atoms with van der Waals surface area (Å²) in [4.78, 5) is 18.6. The van der Waals surface area contributed by atoms with Crippen LogP contribution in [-0.2, 0) is 24.3 Å². The Labute approximate surface area is 183 Å². The molecule has 1 aromatic heterocycles. The maximum atomic E-state index is 11.9. The van der Waals surface area contributed by atoms with E-state index in [4.69, 9.17) is 9.41 Å². The van der Waals surface area contributed by atoms with Crippen molar-refractivity contribution in [2.75, 3.05) is 19.6 Å². The molecule has 1 aliphatic heterocycles. The van der Waals surface area contributed by atoms with Crippen LogP contribution in [0.3, 0.4) is 0 Å². The van der Waals surface area contributed by atoms with Crippen molar-refractivity contribution >= 4 is 35.8 Å². The number of guanidine groups is 1. The van der Waals surface area contributed by atoms with E-state index in [9.17, 15) is 4.79 Å². The van der Waals surface area contributed by atoms with Gasteiger partial charge in [0.05, 0.1) is 12.8 Å². The third-order valence-electron chi connectivity index (χ3n) is 4.65. The number of benzene rings is 1. The number of nitrogens with zero attached hydrogens (tertiary/aromatic N) is 2. The second-order valence-electron chi connectivity index (χ2n) is 6.64. The summed E-state index contributed by atoms with van der Waals surface area (Å²) in [6.45, 7) is 5.71. The molecule has 1 aliphatic rings. The van der Waals surface area contributed by atoms with Gasteiger partial charge in [0.15, 0.2) is 5.96 Å². The number of rotatable bonds is 8. The molecule has 0 unspecified atom stereocenters. The number of likely N-dealkylation sites (tertiary alicyclic amines) is 1. The summed E-state index contributed by atoms with van der Waals surface area (Å²) in [6.07, 6.45) is 4.13. The van der Waals surface area contributed by atoms with Crippen LogP contribution in [0.2, 0.25) is 0 Å². The summed E-state index contributed by atoms with van der Waals surface area (Å²) in [5.41, 5.74) is 2.32. The van der Waals surface area contributed by atoms with Gasteiger partial charge in [-0.2, -0.15) is 0 Å². The number of hydrogen-bond donors (Lipinski definition) is 2. The van der Waals surface area contributed by atoms with Crippen LogP contribution in [0.4, 0.5) is 0 Å². The minimum Gasteiger partial charge on any atom is -0.469 e. The molecule has 0 saturated carbocycles. The summed E-state index contributed by atoms with van der Waals surface area (Å²) in [6, 6.07) is 12.1. The summed E-state index contributed by atoms with van der Waals surface area (Å²) in [5, 5.41) is 6.62. The van der Waals surface area contributed by atoms with Crippen molar-refractivity contribution in [1.82, 2.24) is 15.5 Å². The number of furan rings is 1. The molecule has 1 saturated heterocycles. The Hall–Kier alpha value is -2.03. The fraction of sp³-hybridized carbons (Fsp3) is 0.429. The van der Waals surface area contributed by atoms with Crippen molar-refractivity contribution in [3.8, 4) is 0 Å². The second kappa shape index (κ2) is 11.7. The van der Waals surface area contributed by atoms with Gasteiger partial charge in [-0.05, 0) is 36.6 Å². The van der Waals surface area contributed by atoms with Crippen molar-refractivity contribution in [3.63, 3.8) is 0 Å². The first-order valence-electron chi connectivity index (χ1n) is 9.65. The molecule has 0 aliphatic carbocycles. The molecule has 2 aromatic rings. The van der Waals surface area contributed by atoms with Gasteiger partial charge in [-0.3, -0.25) is 4.79 Å². The van der Waals surface area contributed by atoms with Crippen molar-refractivity contribution < 1.29 is 9.21 Å². The Balaban J connectivity index is 0.00000280. The topological polar surface area (TPSA) is 69.9 Å². The van der Waals surface area contributed by atoms with Crippen LogP contribution in [-0.4, -0.2) is 36.4 Å². The van der Waals surface area contributed by atoms with Crippen molar-refractivity contribution in [2.45, 2.75) is 39.3 Å². The lowest BCUT2D eigenvalue weighted by atomic mass is 10.1. The number of carbonyl (C=O) groups is 1. The van der Waals surface area contributed by atoms with Crippen LogP contribution in [0, 0.1) is 0 Å². The van der Waals surface area contributed by atoms with Crippen LogP contribution in [0.1, 0.15) is 36.7 Å². The fourth-order valence-corrected chi connectivity index (χ4v) is 3.21. The zero-order chi connectivity index (χ0) is 18.9. The number of hydrogen-bond acceptors (Lipinski definition) is 3. The Morgan fingerprint density at radius 1 is 1.18 bits per heavy atom. The summed E-state index contributed by atoms with van der Waals surface area (Å²) < 4.78 is 5.36. The standard InChI is InChI=1S/C21H28N4O2.HI/c1-2-22-21(23-12-11-19-9-6-14-27-19)24-15-17-7-3-4-8-18(17)16-25-13-5-10-20(25)26;/h3-4,6-9,14H,2,5,10-13,15-16H2,1H3,(H2,22,23,24);1H. The molecule has 0 spiro atoms. The number of nitrogens with one attached hydrogen (secondary N) is 2. The maximum absolute atomic E-state index is 11.9. The van der Waals surface area contributed by atoms with Gasteiger partial charge in [0.25, 0.3) is 0 Å². The highest BCUT2D eigenvalue weighted by Gasteiger charge is 2.20. The van der Waals surface area contributed by atoms with E-state index < -0.39 is 0 Å². The van der Waals surface area contributed by atoms with Crippen LogP contribution in [0.5, 0.6) is 0 Å². The maximum Gasteiger partial charge on any atom is 0.222 e. The molecule has 0 atom stereocenters. The quantitative estimate of drug-likeness (QED) is 0.334. The fourth-order valence-electron chi connectivity index (χ4n) is 3.21. The molecule has 2 N–H and O–H groups in total. The normalized spacial score (nSPS) is 14.1. The van der Waals surface area contributed by atoms with E-state index in [1.807, 2.05) is 29.2 Å². The van der Waals surface area contributed by atoms with Gasteiger partial charge in [-0.15, -0.1) is 24.0 Å². The van der Waals surface area contributed by atoms with Crippen molar-refractivity contribution in [3.05, 3.63) is 59.5 Å². The van der Waals surface area contributed by atoms with Crippen molar-refractivity contribution in [1.29, 1.82) is 0 Å². The summed E-state index contributed by atoms with van der Waals surface area (Å²) in [7, 11) is 0. The molecular weight excluding hydrogens is 467 g/mol. The van der Waals surface area contributed by atoms with E-state index in [2.05, 4.69) is 29.7 Å². The number of aliphatic imine (C=N–C) groups is 1. The molecule has 1 amide bonds. The van der Waals surface area contributed by atoms with E-state index in [1.54, 1.807) is 6.26 Å². The Morgan fingerprint density at radius 2 is 2.00 bits per heavy atom. The lowest BCUT2D eigenvalue weighted by Crippen LogP contribution is -2.38. The molecule has 28 heavy (non-hydrogen) atoms. The monoisotopic (exact) mass is 496 g/mol. The van der Waals surface area contributed by atoms with Gasteiger partial charge in [-0.25, -0.2) is 4.99 Å². The summed E-state index contributed by atoms with van der Waals surface area (Å²) in [5.74, 6) is 2.00. The zero-order valence-electron chi connectivity index (χ0n) is 16.3. The van der Waals surface area contributed by atoms with Gasteiger partial charge < -0.3 is 20.0 Å². The molecule has 152 valence electrons. The minimum absolute atomic E-state index is 0. The van der Waals surface area contributed by atoms with Gasteiger partial charge in [0, 0.05) is 39.0 Å². The predicted molar refractivity (Wildman–Crippen MR) is 122 cm³/mol. The highest BCUT2D eigenvalue weighted by molar-refractivity contribution is 14.0. The van der Waals surface area contributed by atoms with Gasteiger partial charge in [-0.1, -0.05) is 24.3 Å². The third kappa shape index (κ3) is 6.54. The third-order valence-corrected chi connectivity index (χ3v) is 4.65. The van der Waals surface area contributed by atoms with Crippen LogP contribution < -0.4 is 10.6 Å². The molecule has 1 aromatic carbocycles. The number of carbonyl (C=O) groups excluding carboxylic acids is 1. The van der Waals surface area contributed by atoms with E-state index in [-0.39, 0.29) is 29.9 Å². The molecule has 0 radical (unpaired) electrons. The molecule has 2 heterocycles. The SMILES string of the molecule is CCNC(=NCc1ccccc1CN1CCCC1=O)NCCc1ccco1.I. The largest absolute Gasteiger partial charge is 0.469 e. The molecule has 0 bridgehead atoms. The number of amides is 1. The molecule has 1 fully saturated rings. The lowest BCUT2D eigenvalue weighted by molar-refractivity contribution is -0.128. The zero-order valence-corrected chi connectivity index (χ0v) is 18.6. The Morgan fingerprint density at radius 3 is 2.68 bits per heavy atom. The lowest BCUT2D eigenvalue weighted by Gasteiger charge is -2.18. The van der Waals surface area contributed by atoms with E-state index >= 15 is 0 Å². The molecular formula is C21H29IN4O2. The highest BCUT2D eigenvalue weighted by Crippen LogP contribution is 2.17. The first-order valence-corrected chi connectivity index (χ1v) is 9.65. The minimum atomic E-state index is 0. The average Bonchev–Trinajstić information content (AvgIpc) is 3.33. The average molecular weight is 496 g/mol. The molecule has 7 heteroatoms. The first kappa shape index (κ1) is 22.3. The van der Waals surface area contributed by atoms with Crippen LogP contribution in [0.15, 0.2) is 52.1 Å². The first-order chi connectivity index (χ1) is 13.3. The van der Waals surface area contributed by atoms with Crippen molar-refractivity contribution in [2.24, 2.45) is 4.99 Å². The van der Waals surface area contributed by atoms with Crippen LogP contribution in [0.25, 0.3) is 0 Å². The Bertz CT molecular complexity index is 762. The van der Waals surface area contributed by atoms with E-state index in [0.29, 0.717) is 19.5 Å². The smallest absolute Gasteiger partial charge is 0.222 e. The number of halogens is 1. The van der Waals surface area contributed by atoms with Gasteiger partial charge >= 0.3 is 0 Å². The van der Waals surface area contributed by atoms with Gasteiger partial charge in [0.1, 0.15) is 5.76 Å².